The second-order valence-electron chi connectivity index (χ2n) is 13.9. The first-order chi connectivity index (χ1) is 26.0. The van der Waals surface area contributed by atoms with Crippen LogP contribution in [0.25, 0.3) is 11.3 Å². The quantitative estimate of drug-likeness (QED) is 0.192. The largest absolute Gasteiger partial charge is 0.509 e. The summed E-state index contributed by atoms with van der Waals surface area (Å²) in [5.41, 5.74) is -6.91. The summed E-state index contributed by atoms with van der Waals surface area (Å²) in [5.74, 6) is -6.09. The monoisotopic (exact) mass is 782 g/mol. The molecule has 294 valence electrons. The molecule has 19 heteroatoms. The van der Waals surface area contributed by atoms with Crippen molar-refractivity contribution in [2.24, 2.45) is 0 Å². The fraction of sp³-hybridized carbons (Fsp3) is 0.444. The second kappa shape index (κ2) is 14.3. The van der Waals surface area contributed by atoms with Gasteiger partial charge in [0.1, 0.15) is 30.0 Å². The number of amides is 2. The van der Waals surface area contributed by atoms with Crippen molar-refractivity contribution in [3.8, 4) is 17.0 Å². The summed E-state index contributed by atoms with van der Waals surface area (Å²) in [6.07, 6.45) is -6.46. The number of aliphatic hydroxyl groups is 1. The van der Waals surface area contributed by atoms with Gasteiger partial charge in [-0.05, 0) is 62.4 Å². The number of anilines is 1. The Balaban J connectivity index is 1.14. The molecule has 1 aliphatic carbocycles. The summed E-state index contributed by atoms with van der Waals surface area (Å²) >= 11 is 0. The predicted octanol–water partition coefficient (Wildman–Crippen LogP) is 6.26. The number of nitrogens with zero attached hydrogens (tertiary/aromatic N) is 5. The third-order valence-electron chi connectivity index (χ3n) is 10.8. The predicted molar refractivity (Wildman–Crippen MR) is 177 cm³/mol. The number of ether oxygens (including phenoxy) is 2. The van der Waals surface area contributed by atoms with Crippen LogP contribution >= 0.6 is 0 Å². The summed E-state index contributed by atoms with van der Waals surface area (Å²) in [6.45, 7) is 1.16. The number of rotatable bonds is 9. The first-order valence-electron chi connectivity index (χ1n) is 17.3. The van der Waals surface area contributed by atoms with E-state index in [0.717, 1.165) is 23.9 Å². The standard InChI is InChI=1S/C36H34F8N6O5/c1-48-34(9-2-10-34)31(51)28(32(52)47-24-7-4-20(35(39,40)41)13-23(24)25-14-27(36(42,43)44)46-18-45-25)33(53)50(48)15-19-3-8-26(30(38)29(19)37)55-12-11-49-21-5-6-22(49)17-54-16-21/h3-4,7-8,13-14,18,21-22,51H,2,5-6,9-12,15-17H2,1H3,(H,47,52). The molecule has 7 rings (SSSR count). The van der Waals surface area contributed by atoms with Crippen LogP contribution in [-0.2, 0) is 33.2 Å². The number of carbonyl (C=O) groups excluding carboxylic acids is 2. The second-order valence-corrected chi connectivity index (χ2v) is 13.9. The molecule has 3 aromatic rings. The number of aliphatic hydroxyl groups excluding tert-OH is 1. The van der Waals surface area contributed by atoms with E-state index in [1.165, 1.54) is 24.2 Å². The molecule has 3 fully saturated rings. The highest BCUT2D eigenvalue weighted by atomic mass is 19.4. The molecule has 2 amide bonds. The lowest BCUT2D eigenvalue weighted by molar-refractivity contribution is -0.172. The molecule has 1 spiro atoms. The van der Waals surface area contributed by atoms with Crippen LogP contribution in [0.2, 0.25) is 0 Å². The Morgan fingerprint density at radius 1 is 1.00 bits per heavy atom. The van der Waals surface area contributed by atoms with Crippen LogP contribution in [0.15, 0.2) is 54.1 Å². The minimum Gasteiger partial charge on any atom is -0.509 e. The van der Waals surface area contributed by atoms with Crippen molar-refractivity contribution >= 4 is 17.5 Å². The molecule has 3 aliphatic heterocycles. The van der Waals surface area contributed by atoms with Crippen molar-refractivity contribution in [2.75, 3.05) is 38.7 Å². The van der Waals surface area contributed by atoms with E-state index in [4.69, 9.17) is 9.47 Å². The molecule has 4 heterocycles. The lowest BCUT2D eigenvalue weighted by Gasteiger charge is -2.54. The maximum absolute atomic E-state index is 15.6. The van der Waals surface area contributed by atoms with Gasteiger partial charge in [-0.15, -0.1) is 0 Å². The number of hydrogen-bond acceptors (Lipinski definition) is 9. The van der Waals surface area contributed by atoms with Gasteiger partial charge in [0.2, 0.25) is 5.82 Å². The molecule has 2 bridgehead atoms. The molecule has 0 radical (unpaired) electrons. The number of aromatic nitrogens is 2. The summed E-state index contributed by atoms with van der Waals surface area (Å²) < 4.78 is 124. The van der Waals surface area contributed by atoms with Gasteiger partial charge in [0, 0.05) is 36.8 Å². The van der Waals surface area contributed by atoms with E-state index in [-0.39, 0.29) is 42.8 Å². The molecule has 55 heavy (non-hydrogen) atoms. The number of alkyl halides is 6. The summed E-state index contributed by atoms with van der Waals surface area (Å²) in [4.78, 5) is 36.9. The molecular formula is C36H34F8N6O5. The number of carbonyl (C=O) groups is 2. The van der Waals surface area contributed by atoms with Crippen molar-refractivity contribution in [1.29, 1.82) is 0 Å². The van der Waals surface area contributed by atoms with Crippen LogP contribution in [0, 0.1) is 11.6 Å². The van der Waals surface area contributed by atoms with E-state index in [9.17, 15) is 41.0 Å². The lowest BCUT2D eigenvalue weighted by atomic mass is 9.72. The van der Waals surface area contributed by atoms with Crippen LogP contribution < -0.4 is 10.1 Å². The summed E-state index contributed by atoms with van der Waals surface area (Å²) in [5, 5.41) is 15.9. The van der Waals surface area contributed by atoms with Gasteiger partial charge in [-0.3, -0.25) is 19.5 Å². The van der Waals surface area contributed by atoms with Gasteiger partial charge < -0.3 is 19.9 Å². The fourth-order valence-electron chi connectivity index (χ4n) is 7.63. The van der Waals surface area contributed by atoms with Gasteiger partial charge in [-0.2, -0.15) is 30.7 Å². The SMILES string of the molecule is CN1N(Cc2ccc(OCCN3C4CCC3COC4)c(F)c2F)C(=O)C(C(=O)Nc2ccc(C(F)(F)F)cc2-c2cc(C(F)(F)F)ncn2)=C(O)C12CCC2. The summed E-state index contributed by atoms with van der Waals surface area (Å²) in [6, 6.07) is 5.13. The Bertz CT molecular complexity index is 2020. The van der Waals surface area contributed by atoms with E-state index in [1.54, 1.807) is 0 Å². The highest BCUT2D eigenvalue weighted by Gasteiger charge is 2.55. The number of likely N-dealkylation sites (N-methyl/N-ethyl adjacent to an activating group) is 1. The third kappa shape index (κ3) is 7.08. The third-order valence-corrected chi connectivity index (χ3v) is 10.8. The van der Waals surface area contributed by atoms with Crippen molar-refractivity contribution in [3.05, 3.63) is 82.5 Å². The molecule has 2 atom stereocenters. The number of hydrogen-bond donors (Lipinski definition) is 2. The van der Waals surface area contributed by atoms with Gasteiger partial charge in [-0.25, -0.2) is 19.4 Å². The number of halogens is 8. The van der Waals surface area contributed by atoms with Crippen LogP contribution in [0.5, 0.6) is 5.75 Å². The molecule has 2 aromatic carbocycles. The van der Waals surface area contributed by atoms with E-state index in [1.807, 2.05) is 0 Å². The topological polar surface area (TPSA) is 120 Å². The van der Waals surface area contributed by atoms with E-state index < -0.39 is 87.4 Å². The molecule has 11 nitrogen and oxygen atoms in total. The van der Waals surface area contributed by atoms with Gasteiger partial charge in [0.15, 0.2) is 11.6 Å². The highest BCUT2D eigenvalue weighted by molar-refractivity contribution is 6.24. The zero-order valence-corrected chi connectivity index (χ0v) is 29.1. The summed E-state index contributed by atoms with van der Waals surface area (Å²) in [7, 11) is 1.42. The Morgan fingerprint density at radius 2 is 1.71 bits per heavy atom. The smallest absolute Gasteiger partial charge is 0.433 e. The number of benzene rings is 2. The number of nitrogens with one attached hydrogen (secondary N) is 1. The maximum Gasteiger partial charge on any atom is 0.433 e. The van der Waals surface area contributed by atoms with Crippen LogP contribution in [0.1, 0.15) is 48.9 Å². The van der Waals surface area contributed by atoms with Gasteiger partial charge in [0.25, 0.3) is 11.8 Å². The Morgan fingerprint density at radius 3 is 2.35 bits per heavy atom. The molecule has 1 saturated carbocycles. The van der Waals surface area contributed by atoms with Crippen LogP contribution in [0.3, 0.4) is 0 Å². The van der Waals surface area contributed by atoms with Crippen molar-refractivity contribution in [3.63, 3.8) is 0 Å². The van der Waals surface area contributed by atoms with Crippen molar-refractivity contribution < 1.29 is 59.3 Å². The highest BCUT2D eigenvalue weighted by Crippen LogP contribution is 2.47. The number of fused-ring (bicyclic) bond motifs is 2. The van der Waals surface area contributed by atoms with Gasteiger partial charge >= 0.3 is 12.4 Å². The van der Waals surface area contributed by atoms with Crippen molar-refractivity contribution in [1.82, 2.24) is 24.9 Å². The molecule has 4 aliphatic rings. The number of hydrazine groups is 1. The first kappa shape index (κ1) is 38.4. The van der Waals surface area contributed by atoms with Crippen LogP contribution in [0.4, 0.5) is 40.8 Å². The Kier molecular flexibility index (Phi) is 10.00. The van der Waals surface area contributed by atoms with E-state index in [0.29, 0.717) is 50.7 Å². The molecule has 2 unspecified atom stereocenters. The lowest BCUT2D eigenvalue weighted by Crippen LogP contribution is -2.65. The molecule has 2 N–H and O–H groups in total. The zero-order chi connectivity index (χ0) is 39.4. The van der Waals surface area contributed by atoms with Gasteiger partial charge in [0.05, 0.1) is 42.2 Å². The van der Waals surface area contributed by atoms with Crippen LogP contribution in [-0.4, -0.2) is 92.8 Å². The van der Waals surface area contributed by atoms with Crippen molar-refractivity contribution in [2.45, 2.75) is 68.6 Å². The average molecular weight is 783 g/mol. The molecule has 2 saturated heterocycles. The van der Waals surface area contributed by atoms with Gasteiger partial charge in [-0.1, -0.05) is 6.07 Å². The van der Waals surface area contributed by atoms with E-state index in [2.05, 4.69) is 20.2 Å². The first-order valence-corrected chi connectivity index (χ1v) is 17.3. The minimum atomic E-state index is -4.99. The maximum atomic E-state index is 15.6. The Labute approximate surface area is 308 Å². The average Bonchev–Trinajstić information content (AvgIpc) is 3.32. The zero-order valence-electron chi connectivity index (χ0n) is 29.1. The van der Waals surface area contributed by atoms with E-state index >= 15 is 8.78 Å². The fourth-order valence-corrected chi connectivity index (χ4v) is 7.63. The minimum absolute atomic E-state index is 0.0858. The molecule has 1 aromatic heterocycles. The Hall–Kier alpha value is -4.88. The number of morpholine rings is 1. The normalized spacial score (nSPS) is 21.6. The molecular weight excluding hydrogens is 748 g/mol.